The fraction of sp³-hybridized carbons (Fsp3) is 0.385. The molecule has 0 saturated carbocycles. The van der Waals surface area contributed by atoms with Crippen LogP contribution in [0.5, 0.6) is 0 Å². The first-order chi connectivity index (χ1) is 13.6. The molecule has 0 amide bonds. The summed E-state index contributed by atoms with van der Waals surface area (Å²) in [6.45, 7) is 13.5. The Labute approximate surface area is 213 Å². The van der Waals surface area contributed by atoms with Gasteiger partial charge in [0.1, 0.15) is 0 Å². The molecule has 0 N–H and O–H groups in total. The second kappa shape index (κ2) is 8.51. The number of hydrogen-bond donors (Lipinski definition) is 0. The summed E-state index contributed by atoms with van der Waals surface area (Å²) in [5.41, 5.74) is 10.6. The summed E-state index contributed by atoms with van der Waals surface area (Å²) in [5.74, 6) is 0.772. The van der Waals surface area contributed by atoms with Crippen LogP contribution in [0.25, 0.3) is 11.1 Å². The minimum absolute atomic E-state index is 0. The predicted molar refractivity (Wildman–Crippen MR) is 131 cm³/mol. The number of fused-ring (bicyclic) bond motifs is 2. The van der Waals surface area contributed by atoms with Gasteiger partial charge in [0.2, 0.25) is 0 Å². The van der Waals surface area contributed by atoms with Crippen molar-refractivity contribution in [1.29, 1.82) is 0 Å². The Bertz CT molecular complexity index is 969. The van der Waals surface area contributed by atoms with E-state index in [1.54, 1.807) is 0 Å². The van der Waals surface area contributed by atoms with Crippen molar-refractivity contribution < 1.29 is 26.2 Å². The fourth-order valence-electron chi connectivity index (χ4n) is 5.98. The maximum absolute atomic E-state index is 7.71. The molecule has 0 bridgehead atoms. The maximum atomic E-state index is 7.71. The summed E-state index contributed by atoms with van der Waals surface area (Å²) in [7, 11) is -1.07. The molecule has 0 nitrogen and oxygen atoms in total. The van der Waals surface area contributed by atoms with Crippen LogP contribution >= 0.6 is 23.2 Å². The molecule has 0 saturated heterocycles. The third kappa shape index (κ3) is 3.42. The summed E-state index contributed by atoms with van der Waals surface area (Å²) in [5, 5.41) is 0. The molecule has 2 aliphatic carbocycles. The third-order valence-electron chi connectivity index (χ3n) is 6.82. The average Bonchev–Trinajstić information content (AvgIpc) is 3.01. The zero-order chi connectivity index (χ0) is 21.1. The monoisotopic (exact) mass is 530 g/mol. The van der Waals surface area contributed by atoms with Crippen LogP contribution in [0, 0.1) is 11.8 Å². The van der Waals surface area contributed by atoms with Gasteiger partial charge < -0.3 is 0 Å². The van der Waals surface area contributed by atoms with Crippen molar-refractivity contribution in [2.45, 2.75) is 50.5 Å². The van der Waals surface area contributed by atoms with Crippen molar-refractivity contribution >= 4 is 43.9 Å². The minimum Gasteiger partial charge on any atom is -0.114 e. The second-order valence-electron chi connectivity index (χ2n) is 9.26. The van der Waals surface area contributed by atoms with Crippen molar-refractivity contribution in [3.63, 3.8) is 0 Å². The molecule has 2 aromatic rings. The Morgan fingerprint density at radius 1 is 0.667 bits per heavy atom. The Balaban J connectivity index is 0.00000256. The zero-order valence-corrected chi connectivity index (χ0v) is 24.1. The van der Waals surface area contributed by atoms with E-state index < -0.39 is 18.5 Å². The standard InChI is InChI=1S/C26H30Cl2Si.Zr/c1-15(2)23-17(5)19-11-7-9-13-21(19)25(23,27)29-26(28)22-14-10-8-12-20(22)18(6)24(26)16(3)4;/h7-16H,29H2,1-6H3;. The van der Waals surface area contributed by atoms with Gasteiger partial charge in [0.25, 0.3) is 0 Å². The molecule has 2 aliphatic rings. The molecule has 156 valence electrons. The van der Waals surface area contributed by atoms with E-state index in [4.69, 9.17) is 23.2 Å². The number of halogens is 2. The van der Waals surface area contributed by atoms with Gasteiger partial charge in [0.05, 0.1) is 18.5 Å². The van der Waals surface area contributed by atoms with Crippen LogP contribution in [0.15, 0.2) is 59.7 Å². The van der Waals surface area contributed by atoms with E-state index in [2.05, 4.69) is 90.1 Å². The fourth-order valence-corrected chi connectivity index (χ4v) is 11.8. The molecule has 0 aromatic heterocycles. The van der Waals surface area contributed by atoms with Gasteiger partial charge in [-0.15, -0.1) is 23.2 Å². The summed E-state index contributed by atoms with van der Waals surface area (Å²) < 4.78 is -0.928. The van der Waals surface area contributed by atoms with Gasteiger partial charge in [0.15, 0.2) is 0 Å². The van der Waals surface area contributed by atoms with Gasteiger partial charge in [-0.2, -0.15) is 0 Å². The van der Waals surface area contributed by atoms with Gasteiger partial charge in [0, 0.05) is 26.2 Å². The van der Waals surface area contributed by atoms with E-state index in [1.807, 2.05) is 0 Å². The van der Waals surface area contributed by atoms with Gasteiger partial charge in [-0.25, -0.2) is 0 Å². The summed E-state index contributed by atoms with van der Waals surface area (Å²) in [4.78, 5) is 0. The largest absolute Gasteiger partial charge is 0.114 e. The molecule has 0 spiro atoms. The summed E-state index contributed by atoms with van der Waals surface area (Å²) in [6, 6.07) is 17.4. The maximum Gasteiger partial charge on any atom is 0.0924 e. The van der Waals surface area contributed by atoms with Crippen LogP contribution in [0.4, 0.5) is 0 Å². The number of alkyl halides is 2. The van der Waals surface area contributed by atoms with Crippen LogP contribution in [-0.2, 0) is 35.2 Å². The minimum atomic E-state index is -1.07. The Morgan fingerprint density at radius 3 is 1.33 bits per heavy atom. The van der Waals surface area contributed by atoms with E-state index in [9.17, 15) is 0 Å². The van der Waals surface area contributed by atoms with E-state index in [-0.39, 0.29) is 26.2 Å². The van der Waals surface area contributed by atoms with Crippen LogP contribution < -0.4 is 0 Å². The van der Waals surface area contributed by atoms with Crippen molar-refractivity contribution in [1.82, 2.24) is 0 Å². The van der Waals surface area contributed by atoms with Gasteiger partial charge in [-0.1, -0.05) is 76.2 Å². The first-order valence-electron chi connectivity index (χ1n) is 10.6. The number of benzene rings is 2. The Hall–Kier alpha value is -0.400. The quantitative estimate of drug-likeness (QED) is 0.288. The van der Waals surface area contributed by atoms with Crippen molar-refractivity contribution in [3.05, 3.63) is 81.9 Å². The summed E-state index contributed by atoms with van der Waals surface area (Å²) in [6.07, 6.45) is 0. The van der Waals surface area contributed by atoms with Crippen molar-refractivity contribution in [2.24, 2.45) is 11.8 Å². The Kier molecular flexibility index (Phi) is 6.88. The molecular formula is C26H30Cl2SiZr. The second-order valence-corrected chi connectivity index (χ2v) is 13.9. The normalized spacial score (nSPS) is 25.5. The average molecular weight is 533 g/mol. The van der Waals surface area contributed by atoms with Gasteiger partial charge in [-0.3, -0.25) is 0 Å². The molecule has 0 radical (unpaired) electrons. The third-order valence-corrected chi connectivity index (χ3v) is 10.9. The van der Waals surface area contributed by atoms with E-state index in [0.29, 0.717) is 11.8 Å². The molecule has 2 unspecified atom stereocenters. The molecule has 30 heavy (non-hydrogen) atoms. The predicted octanol–water partition coefficient (Wildman–Crippen LogP) is 7.22. The van der Waals surface area contributed by atoms with Crippen LogP contribution in [0.3, 0.4) is 0 Å². The first kappa shape index (κ1) is 24.2. The number of hydrogen-bond acceptors (Lipinski definition) is 0. The van der Waals surface area contributed by atoms with E-state index >= 15 is 0 Å². The van der Waals surface area contributed by atoms with Crippen LogP contribution in [0.1, 0.15) is 63.8 Å². The zero-order valence-electron chi connectivity index (χ0n) is 18.7. The molecule has 0 fully saturated rings. The van der Waals surface area contributed by atoms with Gasteiger partial charge >= 0.3 is 0 Å². The molecule has 2 atom stereocenters. The first-order valence-corrected chi connectivity index (χ1v) is 12.8. The molecule has 0 heterocycles. The van der Waals surface area contributed by atoms with Crippen LogP contribution in [0.2, 0.25) is 0 Å². The molecular weight excluding hydrogens is 503 g/mol. The van der Waals surface area contributed by atoms with E-state index in [1.165, 1.54) is 44.5 Å². The van der Waals surface area contributed by atoms with Crippen LogP contribution in [-0.4, -0.2) is 9.52 Å². The number of rotatable bonds is 4. The van der Waals surface area contributed by atoms with Gasteiger partial charge in [-0.05, 0) is 70.2 Å². The molecule has 2 aromatic carbocycles. The van der Waals surface area contributed by atoms with Crippen molar-refractivity contribution in [3.8, 4) is 0 Å². The molecule has 0 aliphatic heterocycles. The Morgan fingerprint density at radius 2 is 1.00 bits per heavy atom. The number of allylic oxidation sites excluding steroid dienone is 4. The van der Waals surface area contributed by atoms with Crippen molar-refractivity contribution in [2.75, 3.05) is 0 Å². The molecule has 4 rings (SSSR count). The summed E-state index contributed by atoms with van der Waals surface area (Å²) >= 11 is 15.4. The topological polar surface area (TPSA) is 0 Å². The molecule has 4 heteroatoms. The smallest absolute Gasteiger partial charge is 0.0924 e. The van der Waals surface area contributed by atoms with E-state index in [0.717, 1.165) is 0 Å². The SMILES string of the molecule is CC1=C(C(C)C)C(Cl)([SiH2]C2(Cl)C(C(C)C)=C(C)c3ccccc32)c2ccccc21.[Zr].